The summed E-state index contributed by atoms with van der Waals surface area (Å²) < 4.78 is 59.4. The van der Waals surface area contributed by atoms with Crippen LogP contribution in [0.4, 0.5) is 17.1 Å². The van der Waals surface area contributed by atoms with Gasteiger partial charge in [-0.1, -0.05) is 6.08 Å². The van der Waals surface area contributed by atoms with E-state index in [-0.39, 0.29) is 15.5 Å². The summed E-state index contributed by atoms with van der Waals surface area (Å²) in [4.78, 5) is -0.437. The third-order valence-corrected chi connectivity index (χ3v) is 5.81. The fraction of sp³-hybridized carbons (Fsp3) is 0.158. The topological polar surface area (TPSA) is 239 Å². The van der Waals surface area contributed by atoms with Crippen molar-refractivity contribution in [3.8, 4) is 0 Å². The number of rotatable bonds is 2. The Bertz CT molecular complexity index is 1210. The average Bonchev–Trinajstić information content (AvgIpc) is 2.67. The van der Waals surface area contributed by atoms with E-state index < -0.39 is 26.3 Å². The van der Waals surface area contributed by atoms with Crippen molar-refractivity contribution in [2.75, 3.05) is 17.2 Å². The van der Waals surface area contributed by atoms with E-state index >= 15 is 0 Å². The molecule has 0 heterocycles. The zero-order valence-electron chi connectivity index (χ0n) is 17.2. The third kappa shape index (κ3) is 8.95. The summed E-state index contributed by atoms with van der Waals surface area (Å²) in [5.74, 6) is 0. The van der Waals surface area contributed by atoms with Gasteiger partial charge in [-0.15, -0.1) is 0 Å². The maximum absolute atomic E-state index is 10.7. The molecule has 0 fully saturated rings. The maximum atomic E-state index is 10.7. The van der Waals surface area contributed by atoms with Crippen molar-refractivity contribution in [2.45, 2.75) is 24.3 Å². The molecule has 0 radical (unpaired) electrons. The Kier molecular flexibility index (Phi) is 9.23. The van der Waals surface area contributed by atoms with Gasteiger partial charge in [0.1, 0.15) is 4.91 Å². The highest BCUT2D eigenvalue weighted by Crippen LogP contribution is 2.18. The molecule has 12 N–H and O–H groups in total. The summed E-state index contributed by atoms with van der Waals surface area (Å²) in [5.41, 5.74) is 30.2. The van der Waals surface area contributed by atoms with Crippen molar-refractivity contribution in [1.29, 1.82) is 0 Å². The fourth-order valence-electron chi connectivity index (χ4n) is 2.30. The second kappa shape index (κ2) is 11.0. The first-order chi connectivity index (χ1) is 14.6. The van der Waals surface area contributed by atoms with Gasteiger partial charge in [0.2, 0.25) is 0 Å². The Hall–Kier alpha value is -3.10. The molecule has 1 unspecified atom stereocenters. The van der Waals surface area contributed by atoms with Crippen molar-refractivity contribution in [3.05, 3.63) is 70.8 Å². The van der Waals surface area contributed by atoms with Crippen LogP contribution in [0, 0.1) is 6.92 Å². The van der Waals surface area contributed by atoms with E-state index in [0.29, 0.717) is 12.1 Å². The lowest BCUT2D eigenvalue weighted by Crippen LogP contribution is -2.24. The quantitative estimate of drug-likeness (QED) is 0.234. The van der Waals surface area contributed by atoms with Crippen LogP contribution in [0.3, 0.4) is 0 Å². The Morgan fingerprint density at radius 3 is 1.78 bits per heavy atom. The molecule has 0 aromatic heterocycles. The molecule has 2 aromatic carbocycles. The van der Waals surface area contributed by atoms with E-state index in [1.54, 1.807) is 6.07 Å². The van der Waals surface area contributed by atoms with Gasteiger partial charge in [0, 0.05) is 28.8 Å². The average molecular weight is 486 g/mol. The lowest BCUT2D eigenvalue weighted by atomic mass is 10.1. The minimum atomic E-state index is -4.22. The summed E-state index contributed by atoms with van der Waals surface area (Å²) in [5, 5.41) is 0. The monoisotopic (exact) mass is 485 g/mol. The first-order valence-electron chi connectivity index (χ1n) is 8.96. The highest BCUT2D eigenvalue weighted by molar-refractivity contribution is 7.90. The Morgan fingerprint density at radius 1 is 0.844 bits per heavy atom. The Morgan fingerprint density at radius 2 is 1.38 bits per heavy atom. The minimum Gasteiger partial charge on any atom is -0.399 e. The van der Waals surface area contributed by atoms with E-state index in [2.05, 4.69) is 0 Å². The van der Waals surface area contributed by atoms with E-state index in [9.17, 15) is 16.8 Å². The first kappa shape index (κ1) is 26.9. The largest absolute Gasteiger partial charge is 0.399 e. The standard InChI is InChI=1S/C7H10N2.C6H10N2O3S.C6H7NO3S/c1-5-4-6(8)2-3-7(5)9;7-4-1-2-5(8)6(3-4)12(9,10)11;7-5-1-3-6(4-2-5)11(8,9)10/h2-4H,8-9H2,1H3;2-4H,1,7-8H2,(H,9,10,11);1-4H,7H2,(H,8,9,10). The molecule has 0 spiro atoms. The molecule has 0 saturated heterocycles. The number of anilines is 3. The predicted octanol–water partition coefficient (Wildman–Crippen LogP) is 1.01. The second-order valence-corrected chi connectivity index (χ2v) is 9.54. The zero-order valence-corrected chi connectivity index (χ0v) is 18.8. The number of hydrogen-bond acceptors (Lipinski definition) is 9. The molecule has 11 nitrogen and oxygen atoms in total. The van der Waals surface area contributed by atoms with Crippen LogP contribution in [-0.2, 0) is 20.2 Å². The van der Waals surface area contributed by atoms with Gasteiger partial charge in [-0.2, -0.15) is 16.8 Å². The fourth-order valence-corrected chi connectivity index (χ4v) is 3.50. The van der Waals surface area contributed by atoms with E-state index in [1.165, 1.54) is 36.4 Å². The van der Waals surface area contributed by atoms with E-state index in [1.807, 2.05) is 19.1 Å². The molecule has 0 saturated carbocycles. The van der Waals surface area contributed by atoms with E-state index in [0.717, 1.165) is 16.9 Å². The summed E-state index contributed by atoms with van der Waals surface area (Å²) in [6.07, 6.45) is 3.21. The lowest BCUT2D eigenvalue weighted by molar-refractivity contribution is 0.482. The number of benzene rings is 2. The summed E-state index contributed by atoms with van der Waals surface area (Å²) >= 11 is 0. The van der Waals surface area contributed by atoms with Crippen LogP contribution in [-0.4, -0.2) is 32.0 Å². The molecular weight excluding hydrogens is 458 g/mol. The number of aryl methyl sites for hydroxylation is 1. The number of nitrogen functional groups attached to an aromatic ring is 3. The van der Waals surface area contributed by atoms with Crippen LogP contribution >= 0.6 is 0 Å². The van der Waals surface area contributed by atoms with Crippen LogP contribution in [0.25, 0.3) is 0 Å². The van der Waals surface area contributed by atoms with Gasteiger partial charge in [-0.25, -0.2) is 0 Å². The first-order valence-corrected chi connectivity index (χ1v) is 11.8. The highest BCUT2D eigenvalue weighted by Gasteiger charge is 2.20. The summed E-state index contributed by atoms with van der Waals surface area (Å²) in [7, 11) is -8.30. The molecule has 3 rings (SSSR count). The number of nitrogens with two attached hydrogens (primary N) is 5. The highest BCUT2D eigenvalue weighted by atomic mass is 32.2. The molecule has 176 valence electrons. The van der Waals surface area contributed by atoms with Gasteiger partial charge < -0.3 is 28.7 Å². The SMILES string of the molecule is Cc1cc(N)ccc1N.NC1=CCC(N)C=C1S(=O)(=O)O.Nc1ccc(S(=O)(=O)O)cc1. The van der Waals surface area contributed by atoms with Gasteiger partial charge in [0.15, 0.2) is 0 Å². The van der Waals surface area contributed by atoms with Crippen LogP contribution in [0.15, 0.2) is 70.1 Å². The van der Waals surface area contributed by atoms with Crippen LogP contribution < -0.4 is 28.7 Å². The molecule has 0 aliphatic heterocycles. The molecule has 32 heavy (non-hydrogen) atoms. The lowest BCUT2D eigenvalue weighted by Gasteiger charge is -2.13. The molecular formula is C19H27N5O6S2. The van der Waals surface area contributed by atoms with Crippen LogP contribution in [0.2, 0.25) is 0 Å². The van der Waals surface area contributed by atoms with Crippen molar-refractivity contribution < 1.29 is 25.9 Å². The minimum absolute atomic E-state index is 0.0548. The summed E-state index contributed by atoms with van der Waals surface area (Å²) in [6, 6.07) is 10.4. The maximum Gasteiger partial charge on any atom is 0.296 e. The smallest absolute Gasteiger partial charge is 0.296 e. The van der Waals surface area contributed by atoms with Crippen molar-refractivity contribution >= 4 is 37.3 Å². The van der Waals surface area contributed by atoms with Gasteiger partial charge >= 0.3 is 0 Å². The second-order valence-electron chi connectivity index (χ2n) is 6.73. The number of hydrogen-bond donors (Lipinski definition) is 7. The molecule has 1 aliphatic rings. The van der Waals surface area contributed by atoms with Crippen LogP contribution in [0.5, 0.6) is 0 Å². The normalized spacial score (nSPS) is 15.8. The molecule has 13 heteroatoms. The molecule has 1 atom stereocenters. The third-order valence-electron chi connectivity index (χ3n) is 4.01. The summed E-state index contributed by atoms with van der Waals surface area (Å²) in [6.45, 7) is 1.94. The predicted molar refractivity (Wildman–Crippen MR) is 125 cm³/mol. The Balaban J connectivity index is 0.000000242. The zero-order chi connectivity index (χ0) is 24.7. The molecule has 0 bridgehead atoms. The van der Waals surface area contributed by atoms with E-state index in [4.69, 9.17) is 37.8 Å². The van der Waals surface area contributed by atoms with Crippen molar-refractivity contribution in [1.82, 2.24) is 0 Å². The van der Waals surface area contributed by atoms with Gasteiger partial charge in [0.25, 0.3) is 20.2 Å². The Labute approximate surface area is 187 Å². The molecule has 1 aliphatic carbocycles. The van der Waals surface area contributed by atoms with Gasteiger partial charge in [-0.3, -0.25) is 9.11 Å². The van der Waals surface area contributed by atoms with Gasteiger partial charge in [-0.05, 0) is 67.4 Å². The van der Waals surface area contributed by atoms with Gasteiger partial charge in [0.05, 0.1) is 4.90 Å². The van der Waals surface area contributed by atoms with Crippen molar-refractivity contribution in [2.24, 2.45) is 11.5 Å². The van der Waals surface area contributed by atoms with Crippen LogP contribution in [0.1, 0.15) is 12.0 Å². The molecule has 2 aromatic rings. The van der Waals surface area contributed by atoms with Crippen molar-refractivity contribution in [3.63, 3.8) is 0 Å². The molecule has 0 amide bonds.